The van der Waals surface area contributed by atoms with Crippen LogP contribution in [0.2, 0.25) is 15.1 Å². The van der Waals surface area contributed by atoms with E-state index in [1.54, 1.807) is 6.07 Å². The first-order valence-corrected chi connectivity index (χ1v) is 11.2. The average Bonchev–Trinajstić information content (AvgIpc) is 2.82. The van der Waals surface area contributed by atoms with Crippen LogP contribution in [0.25, 0.3) is 11.9 Å². The number of carbonyl (C=O) groups is 1. The summed E-state index contributed by atoms with van der Waals surface area (Å²) in [7, 11) is 2.77. The van der Waals surface area contributed by atoms with Crippen molar-refractivity contribution in [3.8, 4) is 11.5 Å². The van der Waals surface area contributed by atoms with Gasteiger partial charge in [-0.2, -0.15) is 0 Å². The van der Waals surface area contributed by atoms with Crippen LogP contribution in [0.15, 0.2) is 49.2 Å². The lowest BCUT2D eigenvalue weighted by atomic mass is 10.1. The van der Waals surface area contributed by atoms with Crippen LogP contribution in [-0.2, 0) is 11.2 Å². The number of benzene rings is 2. The van der Waals surface area contributed by atoms with Crippen molar-refractivity contribution in [3.63, 3.8) is 0 Å². The maximum absolute atomic E-state index is 15.2. The molecule has 0 unspecified atom stereocenters. The normalized spacial score (nSPS) is 11.2. The van der Waals surface area contributed by atoms with Crippen LogP contribution in [0.1, 0.15) is 16.7 Å². The van der Waals surface area contributed by atoms with E-state index >= 15 is 4.39 Å². The van der Waals surface area contributed by atoms with E-state index in [4.69, 9.17) is 44.3 Å². The Morgan fingerprint density at radius 1 is 1.11 bits per heavy atom. The molecule has 35 heavy (non-hydrogen) atoms. The summed E-state index contributed by atoms with van der Waals surface area (Å²) in [5.41, 5.74) is 0.675. The van der Waals surface area contributed by atoms with Crippen molar-refractivity contribution in [2.75, 3.05) is 19.5 Å². The number of rotatable bonds is 9. The Balaban J connectivity index is 1.91. The number of aromatic nitrogens is 1. The number of methoxy groups -OCH3 is 2. The molecule has 3 rings (SSSR count). The van der Waals surface area contributed by atoms with Crippen molar-refractivity contribution < 1.29 is 23.0 Å². The zero-order valence-electron chi connectivity index (χ0n) is 18.6. The summed E-state index contributed by atoms with van der Waals surface area (Å²) in [5.74, 6) is -1.05. The van der Waals surface area contributed by atoms with Gasteiger partial charge in [-0.15, -0.1) is 0 Å². The second-order valence-electron chi connectivity index (χ2n) is 7.15. The van der Waals surface area contributed by atoms with Gasteiger partial charge in [-0.3, -0.25) is 4.79 Å². The summed E-state index contributed by atoms with van der Waals surface area (Å²) < 4.78 is 40.1. The Morgan fingerprint density at radius 2 is 1.77 bits per heavy atom. The average molecular weight is 540 g/mol. The molecule has 1 N–H and O–H groups in total. The fourth-order valence-electron chi connectivity index (χ4n) is 3.17. The van der Waals surface area contributed by atoms with Crippen molar-refractivity contribution >= 4 is 64.0 Å². The second-order valence-corrected chi connectivity index (χ2v) is 8.34. The van der Waals surface area contributed by atoms with Gasteiger partial charge in [-0.25, -0.2) is 13.8 Å². The molecule has 0 amide bonds. The molecule has 0 spiro atoms. The Bertz CT molecular complexity index is 1280. The number of anilines is 2. The quantitative estimate of drug-likeness (QED) is 0.282. The predicted octanol–water partition coefficient (Wildman–Crippen LogP) is 7.71. The summed E-state index contributed by atoms with van der Waals surface area (Å²) in [4.78, 5) is 16.0. The number of ether oxygens (including phenoxy) is 2. The summed E-state index contributed by atoms with van der Waals surface area (Å²) in [6.45, 7) is 3.42. The molecule has 5 nitrogen and oxygen atoms in total. The zero-order valence-corrected chi connectivity index (χ0v) is 20.9. The largest absolute Gasteiger partial charge is 0.495 e. The van der Waals surface area contributed by atoms with Gasteiger partial charge in [-0.1, -0.05) is 41.4 Å². The molecule has 0 saturated carbocycles. The van der Waals surface area contributed by atoms with Crippen LogP contribution in [0.4, 0.5) is 20.3 Å². The minimum atomic E-state index is -0.742. The van der Waals surface area contributed by atoms with Gasteiger partial charge >= 0.3 is 0 Å². The maximum atomic E-state index is 15.2. The lowest BCUT2D eigenvalue weighted by Crippen LogP contribution is -2.05. The Kier molecular flexibility index (Phi) is 8.72. The SMILES string of the molecule is C=CC(=O)Cc1cc(Cl)cc(F)c1Nc1ccc(/C=C(\F)c2c(Cl)c(OC)cc(OC)c2Cl)cn1. The van der Waals surface area contributed by atoms with Crippen LogP contribution in [-0.4, -0.2) is 25.0 Å². The first-order valence-electron chi connectivity index (χ1n) is 10.0. The second kappa shape index (κ2) is 11.5. The van der Waals surface area contributed by atoms with Gasteiger partial charge in [0.25, 0.3) is 0 Å². The summed E-state index contributed by atoms with van der Waals surface area (Å²) >= 11 is 18.5. The number of nitrogens with one attached hydrogen (secondary N) is 1. The highest BCUT2D eigenvalue weighted by molar-refractivity contribution is 6.39. The molecule has 0 atom stereocenters. The highest BCUT2D eigenvalue weighted by Crippen LogP contribution is 2.44. The monoisotopic (exact) mass is 538 g/mol. The number of carbonyl (C=O) groups excluding carboxylic acids is 1. The number of hydrogen-bond acceptors (Lipinski definition) is 5. The van der Waals surface area contributed by atoms with Gasteiger partial charge in [-0.05, 0) is 47.5 Å². The van der Waals surface area contributed by atoms with E-state index < -0.39 is 11.6 Å². The first-order chi connectivity index (χ1) is 16.7. The van der Waals surface area contributed by atoms with Gasteiger partial charge in [0.05, 0.1) is 35.5 Å². The van der Waals surface area contributed by atoms with Gasteiger partial charge in [0, 0.05) is 23.7 Å². The summed E-state index contributed by atoms with van der Waals surface area (Å²) in [5, 5.41) is 2.95. The molecule has 0 saturated heterocycles. The van der Waals surface area contributed by atoms with Crippen molar-refractivity contribution in [2.45, 2.75) is 6.42 Å². The van der Waals surface area contributed by atoms with Crippen molar-refractivity contribution in [1.29, 1.82) is 0 Å². The number of halogens is 5. The van der Waals surface area contributed by atoms with E-state index in [0.29, 0.717) is 11.1 Å². The third kappa shape index (κ3) is 6.11. The topological polar surface area (TPSA) is 60.5 Å². The highest BCUT2D eigenvalue weighted by Gasteiger charge is 2.20. The molecule has 0 aliphatic rings. The molecule has 0 radical (unpaired) electrons. The van der Waals surface area contributed by atoms with E-state index in [0.717, 1.165) is 12.1 Å². The Labute approximate surface area is 215 Å². The number of ketones is 1. The lowest BCUT2D eigenvalue weighted by molar-refractivity contribution is -0.114. The molecule has 2 aromatic carbocycles. The van der Waals surface area contributed by atoms with E-state index in [1.165, 1.54) is 44.7 Å². The molecule has 10 heteroatoms. The standard InChI is InChI=1S/C25H19Cl3F2N2O3/c1-4-16(33)9-14-8-15(26)10-18(30)25(14)32-21-6-5-13(12-31-21)7-17(29)22-23(27)19(34-2)11-20(35-3)24(22)28/h4-8,10-12H,1,9H2,2-3H3,(H,31,32)/b17-7-. The minimum absolute atomic E-state index is 0.0156. The van der Waals surface area contributed by atoms with Gasteiger partial charge in [0.1, 0.15) is 29.0 Å². The maximum Gasteiger partial charge on any atom is 0.159 e. The number of allylic oxidation sites excluding steroid dienone is 1. The third-order valence-electron chi connectivity index (χ3n) is 4.87. The molecule has 0 fully saturated rings. The molecule has 0 bridgehead atoms. The molecule has 1 heterocycles. The van der Waals surface area contributed by atoms with Crippen molar-refractivity contribution in [1.82, 2.24) is 4.98 Å². The smallest absolute Gasteiger partial charge is 0.159 e. The third-order valence-corrected chi connectivity index (χ3v) is 5.84. The number of nitrogens with zero attached hydrogens (tertiary/aromatic N) is 1. The molecule has 182 valence electrons. The van der Waals surface area contributed by atoms with Crippen molar-refractivity contribution in [3.05, 3.63) is 86.8 Å². The zero-order chi connectivity index (χ0) is 25.7. The molecule has 1 aromatic heterocycles. The molecular formula is C25H19Cl3F2N2O3. The number of pyridine rings is 1. The van der Waals surface area contributed by atoms with Crippen LogP contribution in [0, 0.1) is 5.82 Å². The molecule has 0 aliphatic heterocycles. The van der Waals surface area contributed by atoms with E-state index in [1.807, 2.05) is 0 Å². The summed E-state index contributed by atoms with van der Waals surface area (Å²) in [6, 6.07) is 7.12. The molecule has 3 aromatic rings. The van der Waals surface area contributed by atoms with Crippen LogP contribution >= 0.6 is 34.8 Å². The van der Waals surface area contributed by atoms with Gasteiger partial charge in [0.2, 0.25) is 0 Å². The van der Waals surface area contributed by atoms with Crippen LogP contribution < -0.4 is 14.8 Å². The van der Waals surface area contributed by atoms with E-state index in [-0.39, 0.29) is 55.8 Å². The van der Waals surface area contributed by atoms with Gasteiger partial charge < -0.3 is 14.8 Å². The number of hydrogen-bond donors (Lipinski definition) is 1. The molecule has 0 aliphatic carbocycles. The van der Waals surface area contributed by atoms with Crippen LogP contribution in [0.3, 0.4) is 0 Å². The van der Waals surface area contributed by atoms with Gasteiger partial charge in [0.15, 0.2) is 5.78 Å². The first kappa shape index (κ1) is 26.5. The lowest BCUT2D eigenvalue weighted by Gasteiger charge is -2.14. The Morgan fingerprint density at radius 3 is 2.31 bits per heavy atom. The minimum Gasteiger partial charge on any atom is -0.495 e. The van der Waals surface area contributed by atoms with Crippen LogP contribution in [0.5, 0.6) is 11.5 Å². The fourth-order valence-corrected chi connectivity index (χ4v) is 4.08. The predicted molar refractivity (Wildman–Crippen MR) is 136 cm³/mol. The highest BCUT2D eigenvalue weighted by atomic mass is 35.5. The Hall–Kier alpha value is -3.13. The molecular weight excluding hydrogens is 521 g/mol. The van der Waals surface area contributed by atoms with E-state index in [9.17, 15) is 9.18 Å². The van der Waals surface area contributed by atoms with E-state index in [2.05, 4.69) is 16.9 Å². The fraction of sp³-hybridized carbons (Fsp3) is 0.120. The summed E-state index contributed by atoms with van der Waals surface area (Å²) in [6.07, 6.45) is 3.59. The van der Waals surface area contributed by atoms with Crippen molar-refractivity contribution in [2.24, 2.45) is 0 Å².